The van der Waals surface area contributed by atoms with Gasteiger partial charge in [0, 0.05) is 12.5 Å². The summed E-state index contributed by atoms with van der Waals surface area (Å²) in [5.41, 5.74) is 1.12. The summed E-state index contributed by atoms with van der Waals surface area (Å²) in [5.74, 6) is 2.67. The molecule has 1 aliphatic rings. The minimum atomic E-state index is 0.563. The summed E-state index contributed by atoms with van der Waals surface area (Å²) in [6, 6.07) is 0. The molecule has 1 fully saturated rings. The van der Waals surface area contributed by atoms with Crippen LogP contribution in [0.2, 0.25) is 0 Å². The molecule has 3 nitrogen and oxygen atoms in total. The highest BCUT2D eigenvalue weighted by Gasteiger charge is 2.19. The van der Waals surface area contributed by atoms with Crippen molar-refractivity contribution < 1.29 is 0 Å². The molecule has 0 aliphatic heterocycles. The molecule has 0 radical (unpaired) electrons. The molecule has 1 aliphatic carbocycles. The fourth-order valence-electron chi connectivity index (χ4n) is 2.84. The third kappa shape index (κ3) is 4.30. The predicted molar refractivity (Wildman–Crippen MR) is 93.3 cm³/mol. The van der Waals surface area contributed by atoms with Gasteiger partial charge >= 0.3 is 0 Å². The van der Waals surface area contributed by atoms with E-state index < -0.39 is 0 Å². The molecule has 0 unspecified atom stereocenters. The molecule has 1 heterocycles. The molecule has 0 bridgehead atoms. The molecule has 0 atom stereocenters. The van der Waals surface area contributed by atoms with Crippen LogP contribution in [0.15, 0.2) is 0 Å². The van der Waals surface area contributed by atoms with Gasteiger partial charge in [-0.25, -0.2) is 9.97 Å². The van der Waals surface area contributed by atoms with Crippen LogP contribution in [-0.2, 0) is 0 Å². The van der Waals surface area contributed by atoms with Gasteiger partial charge in [0.25, 0.3) is 0 Å². The van der Waals surface area contributed by atoms with Crippen molar-refractivity contribution in [1.29, 1.82) is 0 Å². The molecule has 1 saturated carbocycles. The van der Waals surface area contributed by atoms with E-state index in [0.29, 0.717) is 5.92 Å². The average Bonchev–Trinajstić information content (AvgIpc) is 2.40. The molecular formula is C16H26IN3. The van der Waals surface area contributed by atoms with E-state index in [9.17, 15) is 0 Å². The number of halogens is 1. The lowest BCUT2D eigenvalue weighted by Gasteiger charge is -2.20. The van der Waals surface area contributed by atoms with Gasteiger partial charge in [0.05, 0.1) is 9.26 Å². The van der Waals surface area contributed by atoms with Crippen molar-refractivity contribution in [2.24, 2.45) is 0 Å². The zero-order valence-corrected chi connectivity index (χ0v) is 14.9. The molecule has 1 aromatic rings. The molecule has 2 rings (SSSR count). The molecule has 0 amide bonds. The summed E-state index contributed by atoms with van der Waals surface area (Å²) < 4.78 is 1.17. The first-order chi connectivity index (χ1) is 9.72. The molecule has 4 heteroatoms. The van der Waals surface area contributed by atoms with Crippen molar-refractivity contribution in [3.05, 3.63) is 15.1 Å². The van der Waals surface area contributed by atoms with Crippen molar-refractivity contribution in [1.82, 2.24) is 9.97 Å². The highest BCUT2D eigenvalue weighted by atomic mass is 127. The standard InChI is InChI=1S/C16H26IN3/c1-3-11-18-16-14(17)12(2)19-15(20-16)13-9-7-5-4-6-8-10-13/h13H,3-11H2,1-2H3,(H,18,19,20). The van der Waals surface area contributed by atoms with Crippen molar-refractivity contribution in [2.45, 2.75) is 71.1 Å². The number of rotatable bonds is 4. The molecule has 112 valence electrons. The summed E-state index contributed by atoms with van der Waals surface area (Å²) in [5, 5.41) is 3.45. The second-order valence-electron chi connectivity index (χ2n) is 5.80. The zero-order valence-electron chi connectivity index (χ0n) is 12.7. The van der Waals surface area contributed by atoms with Gasteiger partial charge in [0.15, 0.2) is 0 Å². The minimum Gasteiger partial charge on any atom is -0.369 e. The van der Waals surface area contributed by atoms with Crippen LogP contribution >= 0.6 is 22.6 Å². The van der Waals surface area contributed by atoms with Gasteiger partial charge < -0.3 is 5.32 Å². The Balaban J connectivity index is 2.18. The first-order valence-corrected chi connectivity index (χ1v) is 9.08. The second-order valence-corrected chi connectivity index (χ2v) is 6.88. The lowest BCUT2D eigenvalue weighted by Crippen LogP contribution is -2.13. The highest BCUT2D eigenvalue weighted by Crippen LogP contribution is 2.31. The molecule has 1 N–H and O–H groups in total. The van der Waals surface area contributed by atoms with Crippen molar-refractivity contribution in [2.75, 3.05) is 11.9 Å². The van der Waals surface area contributed by atoms with E-state index in [1.807, 2.05) is 0 Å². The van der Waals surface area contributed by atoms with Crippen molar-refractivity contribution >= 4 is 28.4 Å². The Morgan fingerprint density at radius 2 is 1.75 bits per heavy atom. The van der Waals surface area contributed by atoms with Crippen LogP contribution in [0.5, 0.6) is 0 Å². The van der Waals surface area contributed by atoms with Crippen LogP contribution in [0.3, 0.4) is 0 Å². The van der Waals surface area contributed by atoms with Crippen LogP contribution in [0.25, 0.3) is 0 Å². The number of nitrogens with one attached hydrogen (secondary N) is 1. The lowest BCUT2D eigenvalue weighted by atomic mass is 9.90. The summed E-state index contributed by atoms with van der Waals surface area (Å²) in [6.07, 6.45) is 10.5. The predicted octanol–water partition coefficient (Wildman–Crippen LogP) is 5.04. The largest absolute Gasteiger partial charge is 0.369 e. The third-order valence-corrected chi connectivity index (χ3v) is 5.34. The maximum Gasteiger partial charge on any atom is 0.143 e. The van der Waals surface area contributed by atoms with Crippen LogP contribution in [-0.4, -0.2) is 16.5 Å². The Kier molecular flexibility index (Phi) is 6.52. The Morgan fingerprint density at radius 3 is 2.40 bits per heavy atom. The smallest absolute Gasteiger partial charge is 0.143 e. The number of aromatic nitrogens is 2. The summed E-state index contributed by atoms with van der Waals surface area (Å²) >= 11 is 2.36. The highest BCUT2D eigenvalue weighted by molar-refractivity contribution is 14.1. The Hall–Kier alpha value is -0.390. The van der Waals surface area contributed by atoms with E-state index in [1.54, 1.807) is 0 Å². The molecule has 0 spiro atoms. The first kappa shape index (κ1) is 16.0. The summed E-state index contributed by atoms with van der Waals surface area (Å²) in [4.78, 5) is 9.62. The quantitative estimate of drug-likeness (QED) is 0.736. The minimum absolute atomic E-state index is 0.563. The van der Waals surface area contributed by atoms with Crippen LogP contribution < -0.4 is 5.32 Å². The van der Waals surface area contributed by atoms with E-state index in [4.69, 9.17) is 9.97 Å². The maximum absolute atomic E-state index is 4.84. The van der Waals surface area contributed by atoms with Gasteiger partial charge in [-0.15, -0.1) is 0 Å². The summed E-state index contributed by atoms with van der Waals surface area (Å²) in [6.45, 7) is 5.27. The fraction of sp³-hybridized carbons (Fsp3) is 0.750. The van der Waals surface area contributed by atoms with E-state index in [2.05, 4.69) is 41.8 Å². The SMILES string of the molecule is CCCNc1nc(C2CCCCCCC2)nc(C)c1I. The van der Waals surface area contributed by atoms with Gasteiger partial charge in [-0.1, -0.05) is 39.0 Å². The Bertz CT molecular complexity index is 426. The number of anilines is 1. The third-order valence-electron chi connectivity index (χ3n) is 4.05. The zero-order chi connectivity index (χ0) is 14.4. The van der Waals surface area contributed by atoms with Crippen LogP contribution in [0.4, 0.5) is 5.82 Å². The molecular weight excluding hydrogens is 361 g/mol. The van der Waals surface area contributed by atoms with E-state index in [1.165, 1.54) is 48.5 Å². The Morgan fingerprint density at radius 1 is 1.10 bits per heavy atom. The second kappa shape index (κ2) is 8.15. The topological polar surface area (TPSA) is 37.8 Å². The molecule has 20 heavy (non-hydrogen) atoms. The number of hydrogen-bond acceptors (Lipinski definition) is 3. The van der Waals surface area contributed by atoms with E-state index in [0.717, 1.165) is 30.3 Å². The van der Waals surface area contributed by atoms with Gasteiger partial charge in [-0.05, 0) is 48.8 Å². The van der Waals surface area contributed by atoms with Gasteiger partial charge in [0.1, 0.15) is 11.6 Å². The van der Waals surface area contributed by atoms with Gasteiger partial charge in [0.2, 0.25) is 0 Å². The van der Waals surface area contributed by atoms with Crippen molar-refractivity contribution in [3.8, 4) is 0 Å². The van der Waals surface area contributed by atoms with Gasteiger partial charge in [-0.3, -0.25) is 0 Å². The number of hydrogen-bond donors (Lipinski definition) is 1. The van der Waals surface area contributed by atoms with E-state index >= 15 is 0 Å². The van der Waals surface area contributed by atoms with Crippen LogP contribution in [0, 0.1) is 10.5 Å². The molecule has 0 saturated heterocycles. The maximum atomic E-state index is 4.84. The number of nitrogens with zero attached hydrogens (tertiary/aromatic N) is 2. The monoisotopic (exact) mass is 387 g/mol. The fourth-order valence-corrected chi connectivity index (χ4v) is 3.27. The summed E-state index contributed by atoms with van der Waals surface area (Å²) in [7, 11) is 0. The van der Waals surface area contributed by atoms with E-state index in [-0.39, 0.29) is 0 Å². The average molecular weight is 387 g/mol. The van der Waals surface area contributed by atoms with Crippen molar-refractivity contribution in [3.63, 3.8) is 0 Å². The van der Waals surface area contributed by atoms with Gasteiger partial charge in [-0.2, -0.15) is 0 Å². The van der Waals surface area contributed by atoms with Crippen LogP contribution in [0.1, 0.15) is 75.7 Å². The number of aryl methyl sites for hydroxylation is 1. The molecule has 1 aromatic heterocycles. The first-order valence-electron chi connectivity index (χ1n) is 8.00. The Labute approximate surface area is 136 Å². The molecule has 0 aromatic carbocycles. The lowest BCUT2D eigenvalue weighted by molar-refractivity contribution is 0.442. The normalized spacial score (nSPS) is 17.6.